The molecule has 2 rings (SSSR count). The van der Waals surface area contributed by atoms with Crippen LogP contribution in [0.3, 0.4) is 0 Å². The minimum atomic E-state index is 0.500. The Hall–Kier alpha value is -1.97. The van der Waals surface area contributed by atoms with Crippen LogP contribution in [0.4, 0.5) is 4.39 Å². The van der Waals surface area contributed by atoms with E-state index in [2.05, 4.69) is 46.0 Å². The molecule has 0 aliphatic heterocycles. The van der Waals surface area contributed by atoms with Gasteiger partial charge >= 0.3 is 0 Å². The first-order valence-corrected chi connectivity index (χ1v) is 6.23. The van der Waals surface area contributed by atoms with Crippen molar-refractivity contribution in [3.63, 3.8) is 0 Å². The lowest BCUT2D eigenvalue weighted by Crippen LogP contribution is -1.97. The molecule has 19 heavy (non-hydrogen) atoms. The fourth-order valence-corrected chi connectivity index (χ4v) is 1.87. The number of nitrogens with zero attached hydrogens (tertiary/aromatic N) is 2. The molecule has 0 aliphatic rings. The van der Waals surface area contributed by atoms with Gasteiger partial charge in [0.1, 0.15) is 5.82 Å². The highest BCUT2D eigenvalue weighted by Crippen LogP contribution is 2.14. The van der Waals surface area contributed by atoms with Crippen LogP contribution in [0.1, 0.15) is 29.2 Å². The smallest absolute Gasteiger partial charge is 0.155 e. The summed E-state index contributed by atoms with van der Waals surface area (Å²) in [6.45, 7) is 5.68. The number of alkyl halides is 1. The molecule has 1 aromatic heterocycles. The summed E-state index contributed by atoms with van der Waals surface area (Å²) in [5.74, 6) is 1.72. The van der Waals surface area contributed by atoms with Crippen LogP contribution < -0.4 is 0 Å². The van der Waals surface area contributed by atoms with E-state index in [4.69, 9.17) is 0 Å². The Balaban J connectivity index is 0.000000861. The first-order chi connectivity index (χ1) is 9.29. The summed E-state index contributed by atoms with van der Waals surface area (Å²) in [7, 11) is 0.500. The predicted molar refractivity (Wildman–Crippen MR) is 75.9 cm³/mol. The minimum absolute atomic E-state index is 0.500. The Morgan fingerprint density at radius 2 is 1.95 bits per heavy atom. The van der Waals surface area contributed by atoms with Crippen molar-refractivity contribution in [1.82, 2.24) is 15.2 Å². The van der Waals surface area contributed by atoms with Gasteiger partial charge in [-0.25, -0.2) is 4.98 Å². The van der Waals surface area contributed by atoms with Gasteiger partial charge in [0.2, 0.25) is 0 Å². The number of H-pyrrole nitrogens is 1. The van der Waals surface area contributed by atoms with Gasteiger partial charge in [-0.2, -0.15) is 5.10 Å². The second-order valence-electron chi connectivity index (χ2n) is 4.11. The van der Waals surface area contributed by atoms with Crippen LogP contribution in [0.2, 0.25) is 0 Å². The zero-order valence-corrected chi connectivity index (χ0v) is 11.5. The number of aromatic amines is 1. The van der Waals surface area contributed by atoms with Crippen LogP contribution in [-0.2, 0) is 12.8 Å². The van der Waals surface area contributed by atoms with E-state index < -0.39 is 0 Å². The maximum Gasteiger partial charge on any atom is 0.155 e. The predicted octanol–water partition coefficient (Wildman–Crippen LogP) is 3.41. The zero-order valence-electron chi connectivity index (χ0n) is 11.5. The Labute approximate surface area is 113 Å². The highest BCUT2D eigenvalue weighted by molar-refractivity contribution is 5.29. The van der Waals surface area contributed by atoms with Crippen molar-refractivity contribution in [2.24, 2.45) is 0 Å². The van der Waals surface area contributed by atoms with Crippen LogP contribution >= 0.6 is 0 Å². The summed E-state index contributed by atoms with van der Waals surface area (Å²) >= 11 is 0. The number of halogens is 1. The van der Waals surface area contributed by atoms with E-state index in [1.54, 1.807) is 0 Å². The van der Waals surface area contributed by atoms with Gasteiger partial charge in [0.15, 0.2) is 5.82 Å². The number of rotatable bonds is 5. The Morgan fingerprint density at radius 3 is 2.53 bits per heavy atom. The van der Waals surface area contributed by atoms with E-state index in [-0.39, 0.29) is 0 Å². The summed E-state index contributed by atoms with van der Waals surface area (Å²) in [5, 5.41) is 7.05. The lowest BCUT2D eigenvalue weighted by atomic mass is 10.0. The lowest BCUT2D eigenvalue weighted by molar-refractivity contribution is 0.636. The number of nitrogens with one attached hydrogen (secondary N) is 1. The number of benzene rings is 1. The molecular formula is C15H20FN3. The maximum absolute atomic E-state index is 9.50. The van der Waals surface area contributed by atoms with E-state index in [9.17, 15) is 4.39 Å². The van der Waals surface area contributed by atoms with Gasteiger partial charge in [0.05, 0.1) is 7.18 Å². The maximum atomic E-state index is 9.50. The summed E-state index contributed by atoms with van der Waals surface area (Å²) in [6, 6.07) is 8.44. The normalized spacial score (nSPS) is 9.63. The third-order valence-electron chi connectivity index (χ3n) is 2.73. The monoisotopic (exact) mass is 261 g/mol. The van der Waals surface area contributed by atoms with Crippen molar-refractivity contribution >= 4 is 0 Å². The van der Waals surface area contributed by atoms with Crippen molar-refractivity contribution in [3.05, 3.63) is 59.7 Å². The Kier molecular flexibility index (Phi) is 6.50. The molecule has 0 saturated heterocycles. The van der Waals surface area contributed by atoms with Gasteiger partial charge in [0, 0.05) is 6.42 Å². The van der Waals surface area contributed by atoms with Crippen molar-refractivity contribution < 1.29 is 4.39 Å². The molecule has 0 radical (unpaired) electrons. The van der Waals surface area contributed by atoms with E-state index in [1.807, 2.05) is 13.0 Å². The van der Waals surface area contributed by atoms with Crippen molar-refractivity contribution in [2.75, 3.05) is 7.18 Å². The number of aryl methyl sites for hydroxylation is 2. The molecular weight excluding hydrogens is 241 g/mol. The van der Waals surface area contributed by atoms with Crippen molar-refractivity contribution in [1.29, 1.82) is 0 Å². The molecule has 0 atom stereocenters. The third kappa shape index (κ3) is 4.66. The van der Waals surface area contributed by atoms with Crippen LogP contribution in [-0.4, -0.2) is 22.4 Å². The van der Waals surface area contributed by atoms with E-state index in [0.29, 0.717) is 7.18 Å². The molecule has 0 bridgehead atoms. The van der Waals surface area contributed by atoms with Crippen LogP contribution in [0.5, 0.6) is 0 Å². The fourth-order valence-electron chi connectivity index (χ4n) is 1.87. The molecule has 102 valence electrons. The second kappa shape index (κ2) is 8.19. The largest absolute Gasteiger partial charge is 0.263 e. The summed E-state index contributed by atoms with van der Waals surface area (Å²) in [5.41, 5.74) is 2.66. The number of aromatic nitrogens is 3. The average molecular weight is 261 g/mol. The first-order valence-electron chi connectivity index (χ1n) is 6.23. The minimum Gasteiger partial charge on any atom is -0.263 e. The Morgan fingerprint density at radius 1 is 1.26 bits per heavy atom. The van der Waals surface area contributed by atoms with Crippen molar-refractivity contribution in [2.45, 2.75) is 26.2 Å². The Bertz CT molecular complexity index is 506. The molecule has 2 aromatic rings. The van der Waals surface area contributed by atoms with E-state index in [1.165, 1.54) is 11.1 Å². The summed E-state index contributed by atoms with van der Waals surface area (Å²) in [6.07, 6.45) is 4.78. The molecule has 0 aliphatic carbocycles. The molecule has 4 heteroatoms. The molecule has 1 aromatic carbocycles. The highest BCUT2D eigenvalue weighted by Gasteiger charge is 2.05. The molecule has 3 nitrogen and oxygen atoms in total. The molecule has 0 fully saturated rings. The molecule has 1 heterocycles. The second-order valence-corrected chi connectivity index (χ2v) is 4.11. The van der Waals surface area contributed by atoms with Gasteiger partial charge in [-0.15, -0.1) is 6.58 Å². The summed E-state index contributed by atoms with van der Waals surface area (Å²) in [4.78, 5) is 4.34. The van der Waals surface area contributed by atoms with E-state index >= 15 is 0 Å². The number of allylic oxidation sites excluding steroid dienone is 1. The lowest BCUT2D eigenvalue weighted by Gasteiger charge is -2.06. The van der Waals surface area contributed by atoms with Crippen LogP contribution in [0, 0.1) is 6.92 Å². The average Bonchev–Trinajstić information content (AvgIpc) is 2.85. The molecule has 0 amide bonds. The quantitative estimate of drug-likeness (QED) is 0.838. The molecule has 1 N–H and O–H groups in total. The first kappa shape index (κ1) is 15.1. The van der Waals surface area contributed by atoms with Crippen LogP contribution in [0.25, 0.3) is 0 Å². The molecule has 0 unspecified atom stereocenters. The summed E-state index contributed by atoms with van der Waals surface area (Å²) < 4.78 is 9.50. The standard InChI is InChI=1S/C14H17N3.CH3F/c1-3-4-7-12-8-5-6-9-13(12)10-14-15-11(2)16-17-14;1-2/h3,5-6,8-9H,1,4,7,10H2,2H3,(H,15,16,17);1H3. The zero-order chi connectivity index (χ0) is 14.1. The SMILES string of the molecule is C=CCCc1ccccc1Cc1n[nH]c(C)n1.CF. The number of hydrogen-bond acceptors (Lipinski definition) is 2. The van der Waals surface area contributed by atoms with Gasteiger partial charge in [0.25, 0.3) is 0 Å². The topological polar surface area (TPSA) is 41.6 Å². The number of hydrogen-bond donors (Lipinski definition) is 1. The molecule has 0 saturated carbocycles. The van der Waals surface area contributed by atoms with Gasteiger partial charge in [-0.1, -0.05) is 30.3 Å². The molecule has 0 spiro atoms. The van der Waals surface area contributed by atoms with Crippen LogP contribution in [0.15, 0.2) is 36.9 Å². The highest BCUT2D eigenvalue weighted by atomic mass is 19.1. The van der Waals surface area contributed by atoms with E-state index in [0.717, 1.165) is 30.9 Å². The fraction of sp³-hybridized carbons (Fsp3) is 0.333. The van der Waals surface area contributed by atoms with Crippen molar-refractivity contribution in [3.8, 4) is 0 Å². The van der Waals surface area contributed by atoms with Gasteiger partial charge in [-0.3, -0.25) is 9.49 Å². The van der Waals surface area contributed by atoms with Gasteiger partial charge < -0.3 is 0 Å². The van der Waals surface area contributed by atoms with Gasteiger partial charge in [-0.05, 0) is 30.9 Å². The third-order valence-corrected chi connectivity index (χ3v) is 2.73.